The van der Waals surface area contributed by atoms with Crippen molar-refractivity contribution in [3.63, 3.8) is 0 Å². The van der Waals surface area contributed by atoms with Gasteiger partial charge in [-0.25, -0.2) is 4.99 Å². The van der Waals surface area contributed by atoms with Crippen LogP contribution in [0, 0.1) is 6.92 Å². The second-order valence-electron chi connectivity index (χ2n) is 7.47. The normalized spacial score (nSPS) is 11.6. The lowest BCUT2D eigenvalue weighted by Crippen LogP contribution is -2.16. The topological polar surface area (TPSA) is 59.5 Å². The van der Waals surface area contributed by atoms with E-state index in [9.17, 15) is 4.79 Å². The molecule has 0 atom stereocenters. The Morgan fingerprint density at radius 1 is 1.00 bits per heavy atom. The zero-order chi connectivity index (χ0) is 22.6. The minimum absolute atomic E-state index is 0.148. The summed E-state index contributed by atoms with van der Waals surface area (Å²) >= 11 is 3.08. The molecule has 1 N–H and O–H groups in total. The highest BCUT2D eigenvalue weighted by Crippen LogP contribution is 2.35. The average molecular weight is 472 g/mol. The number of rotatable bonds is 6. The van der Waals surface area contributed by atoms with Gasteiger partial charge in [0.05, 0.1) is 29.1 Å². The molecule has 33 heavy (non-hydrogen) atoms. The molecule has 2 aromatic carbocycles. The van der Waals surface area contributed by atoms with Crippen LogP contribution < -0.4 is 10.1 Å². The van der Waals surface area contributed by atoms with Gasteiger partial charge < -0.3 is 14.3 Å². The number of nitrogens with zero attached hydrogens (tertiary/aromatic N) is 2. The molecule has 3 heterocycles. The van der Waals surface area contributed by atoms with Gasteiger partial charge >= 0.3 is 0 Å². The zero-order valence-electron chi connectivity index (χ0n) is 17.9. The average Bonchev–Trinajstić information content (AvgIpc) is 3.58. The van der Waals surface area contributed by atoms with Gasteiger partial charge in [0, 0.05) is 5.56 Å². The van der Waals surface area contributed by atoms with Crippen LogP contribution in [0.25, 0.3) is 10.6 Å². The lowest BCUT2D eigenvalue weighted by atomic mass is 10.1. The molecule has 0 aliphatic carbocycles. The third-order valence-electron chi connectivity index (χ3n) is 5.08. The predicted molar refractivity (Wildman–Crippen MR) is 134 cm³/mol. The maximum atomic E-state index is 13.1. The van der Waals surface area contributed by atoms with Crippen molar-refractivity contribution < 1.29 is 9.21 Å². The van der Waals surface area contributed by atoms with Crippen molar-refractivity contribution in [2.75, 3.05) is 5.32 Å². The number of furan rings is 1. The Morgan fingerprint density at radius 2 is 1.82 bits per heavy atom. The molecule has 0 aliphatic heterocycles. The molecule has 164 valence electrons. The summed E-state index contributed by atoms with van der Waals surface area (Å²) in [6.07, 6.45) is 1.67. The van der Waals surface area contributed by atoms with Gasteiger partial charge in [0.2, 0.25) is 0 Å². The van der Waals surface area contributed by atoms with E-state index in [0.29, 0.717) is 12.1 Å². The molecule has 0 aliphatic rings. The third-order valence-corrected chi connectivity index (χ3v) is 6.95. The van der Waals surface area contributed by atoms with Crippen molar-refractivity contribution >= 4 is 39.3 Å². The fourth-order valence-corrected chi connectivity index (χ4v) is 5.35. The molecular weight excluding hydrogens is 450 g/mol. The molecule has 0 saturated carbocycles. The van der Waals surface area contributed by atoms with Gasteiger partial charge in [-0.1, -0.05) is 53.3 Å². The Morgan fingerprint density at radius 3 is 2.52 bits per heavy atom. The summed E-state index contributed by atoms with van der Waals surface area (Å²) in [5.41, 5.74) is 3.50. The number of carbonyl (C=O) groups excluding carboxylic acids is 1. The Labute approximate surface area is 199 Å². The maximum absolute atomic E-state index is 13.1. The molecular formula is C26H21N3O2S2. The molecule has 3 aromatic heterocycles. The van der Waals surface area contributed by atoms with Gasteiger partial charge in [0.25, 0.3) is 5.91 Å². The van der Waals surface area contributed by atoms with Crippen molar-refractivity contribution in [1.29, 1.82) is 0 Å². The largest absolute Gasteiger partial charge is 0.467 e. The summed E-state index contributed by atoms with van der Waals surface area (Å²) in [6.45, 7) is 2.51. The van der Waals surface area contributed by atoms with E-state index in [-0.39, 0.29) is 5.91 Å². The van der Waals surface area contributed by atoms with Crippen LogP contribution in [0.1, 0.15) is 21.7 Å². The number of anilines is 1. The SMILES string of the molecule is Cc1ccc(C(=O)Nc2sc(=Nc3ccccc3)n(Cc3ccco3)c2-c2cccs2)cc1. The highest BCUT2D eigenvalue weighted by molar-refractivity contribution is 7.16. The molecule has 1 amide bonds. The smallest absolute Gasteiger partial charge is 0.256 e. The fourth-order valence-electron chi connectivity index (χ4n) is 3.44. The minimum Gasteiger partial charge on any atom is -0.467 e. The number of carbonyl (C=O) groups is 1. The van der Waals surface area contributed by atoms with Gasteiger partial charge in [-0.05, 0) is 54.8 Å². The number of aromatic nitrogens is 1. The summed E-state index contributed by atoms with van der Waals surface area (Å²) in [7, 11) is 0. The number of para-hydroxylation sites is 1. The summed E-state index contributed by atoms with van der Waals surface area (Å²) in [5.74, 6) is 0.669. The lowest BCUT2D eigenvalue weighted by Gasteiger charge is -2.09. The number of benzene rings is 2. The number of hydrogen-bond donors (Lipinski definition) is 1. The summed E-state index contributed by atoms with van der Waals surface area (Å²) < 4.78 is 7.75. The van der Waals surface area contributed by atoms with E-state index in [1.165, 1.54) is 11.3 Å². The van der Waals surface area contributed by atoms with E-state index in [4.69, 9.17) is 9.41 Å². The lowest BCUT2D eigenvalue weighted by molar-refractivity contribution is 0.102. The number of aryl methyl sites for hydroxylation is 1. The quantitative estimate of drug-likeness (QED) is 0.299. The van der Waals surface area contributed by atoms with Crippen LogP contribution in [0.3, 0.4) is 0 Å². The molecule has 5 rings (SSSR count). The van der Waals surface area contributed by atoms with E-state index < -0.39 is 0 Å². The maximum Gasteiger partial charge on any atom is 0.256 e. The Kier molecular flexibility index (Phi) is 6.06. The summed E-state index contributed by atoms with van der Waals surface area (Å²) in [6, 6.07) is 25.3. The number of thiophene rings is 1. The molecule has 0 fully saturated rings. The van der Waals surface area contributed by atoms with Gasteiger partial charge in [-0.3, -0.25) is 4.79 Å². The molecule has 0 unspecified atom stereocenters. The molecule has 7 heteroatoms. The van der Waals surface area contributed by atoms with Crippen LogP contribution >= 0.6 is 22.7 Å². The Bertz CT molecular complexity index is 1410. The molecule has 0 spiro atoms. The van der Waals surface area contributed by atoms with E-state index >= 15 is 0 Å². The highest BCUT2D eigenvalue weighted by atomic mass is 32.1. The van der Waals surface area contributed by atoms with Gasteiger partial charge in [-0.2, -0.15) is 0 Å². The molecule has 5 nitrogen and oxygen atoms in total. The second kappa shape index (κ2) is 9.44. The van der Waals surface area contributed by atoms with Crippen LogP contribution in [-0.4, -0.2) is 10.5 Å². The first kappa shape index (κ1) is 21.2. The van der Waals surface area contributed by atoms with Crippen molar-refractivity contribution in [2.24, 2.45) is 4.99 Å². The van der Waals surface area contributed by atoms with E-state index in [2.05, 4.69) is 16.0 Å². The Hall–Kier alpha value is -3.68. The second-order valence-corrected chi connectivity index (χ2v) is 9.40. The van der Waals surface area contributed by atoms with Crippen molar-refractivity contribution in [3.8, 4) is 10.6 Å². The highest BCUT2D eigenvalue weighted by Gasteiger charge is 2.20. The number of nitrogens with one attached hydrogen (secondary N) is 1. The van der Waals surface area contributed by atoms with Crippen LogP contribution in [0.2, 0.25) is 0 Å². The van der Waals surface area contributed by atoms with Crippen LogP contribution in [0.4, 0.5) is 10.7 Å². The van der Waals surface area contributed by atoms with Crippen LogP contribution in [-0.2, 0) is 6.54 Å². The standard InChI is InChI=1S/C26H21N3O2S2/c1-18-11-13-19(14-12-18)24(30)28-25-23(22-10-6-16-32-22)29(17-21-9-5-15-31-21)26(33-25)27-20-7-3-2-4-8-20/h2-16H,17H2,1H3,(H,28,30). The summed E-state index contributed by atoms with van der Waals surface area (Å²) in [5, 5.41) is 5.92. The van der Waals surface area contributed by atoms with Crippen molar-refractivity contribution in [3.05, 3.63) is 112 Å². The number of amides is 1. The molecule has 0 saturated heterocycles. The molecule has 0 radical (unpaired) electrons. The first-order valence-electron chi connectivity index (χ1n) is 10.4. The molecule has 0 bridgehead atoms. The van der Waals surface area contributed by atoms with Gasteiger partial charge in [-0.15, -0.1) is 11.3 Å². The summed E-state index contributed by atoms with van der Waals surface area (Å²) in [4.78, 5) is 19.8. The fraction of sp³-hybridized carbons (Fsp3) is 0.0769. The first-order chi connectivity index (χ1) is 16.2. The van der Waals surface area contributed by atoms with Crippen LogP contribution in [0.5, 0.6) is 0 Å². The zero-order valence-corrected chi connectivity index (χ0v) is 19.5. The van der Waals surface area contributed by atoms with E-state index in [0.717, 1.165) is 37.4 Å². The third kappa shape index (κ3) is 4.74. The van der Waals surface area contributed by atoms with E-state index in [1.54, 1.807) is 17.6 Å². The monoisotopic (exact) mass is 471 g/mol. The van der Waals surface area contributed by atoms with Crippen LogP contribution in [0.15, 0.2) is 99.9 Å². The number of hydrogen-bond acceptors (Lipinski definition) is 5. The minimum atomic E-state index is -0.148. The van der Waals surface area contributed by atoms with Gasteiger partial charge in [0.15, 0.2) is 4.80 Å². The molecule has 5 aromatic rings. The first-order valence-corrected chi connectivity index (χ1v) is 12.1. The van der Waals surface area contributed by atoms with E-state index in [1.807, 2.05) is 85.1 Å². The van der Waals surface area contributed by atoms with Crippen molar-refractivity contribution in [2.45, 2.75) is 13.5 Å². The van der Waals surface area contributed by atoms with Crippen molar-refractivity contribution in [1.82, 2.24) is 4.57 Å². The number of thiazole rings is 1. The Balaban J connectivity index is 1.65. The predicted octanol–water partition coefficient (Wildman–Crippen LogP) is 6.71. The van der Waals surface area contributed by atoms with Gasteiger partial charge in [0.1, 0.15) is 10.8 Å².